The molecule has 0 amide bonds. The van der Waals surface area contributed by atoms with Crippen molar-refractivity contribution in [1.82, 2.24) is 5.32 Å². The van der Waals surface area contributed by atoms with E-state index >= 15 is 0 Å². The molecular weight excluding hydrogens is 228 g/mol. The van der Waals surface area contributed by atoms with Gasteiger partial charge in [0.2, 0.25) is 0 Å². The molecule has 0 aliphatic rings. The van der Waals surface area contributed by atoms with Crippen molar-refractivity contribution in [3.05, 3.63) is 29.8 Å². The summed E-state index contributed by atoms with van der Waals surface area (Å²) in [6.07, 6.45) is 2.08. The normalized spacial score (nSPS) is 10.7. The minimum atomic E-state index is -0.381. The Morgan fingerprint density at radius 3 is 2.81 bits per heavy atom. The van der Waals surface area contributed by atoms with Gasteiger partial charge in [0.15, 0.2) is 0 Å². The fourth-order valence-corrected chi connectivity index (χ4v) is 2.18. The second kappa shape index (κ2) is 7.63. The Hall–Kier alpha value is -0.610. The third-order valence-electron chi connectivity index (χ3n) is 2.08. The molecule has 16 heavy (non-hydrogen) atoms. The Kier molecular flexibility index (Phi) is 6.42. The summed E-state index contributed by atoms with van der Waals surface area (Å²) in [5.74, 6) is 0.0813. The standard InChI is InChI=1S/C12H17F2NS/c1-2-6-15-7-3-8-16-12-9-10(13)4-5-11(12)14/h4-5,9,15H,2-3,6-8H2,1H3. The minimum absolute atomic E-state index is 0.340. The van der Waals surface area contributed by atoms with Crippen LogP contribution < -0.4 is 5.32 Å². The van der Waals surface area contributed by atoms with E-state index in [4.69, 9.17) is 0 Å². The predicted molar refractivity (Wildman–Crippen MR) is 64.9 cm³/mol. The molecule has 90 valence electrons. The summed E-state index contributed by atoms with van der Waals surface area (Å²) in [6.45, 7) is 4.06. The van der Waals surface area contributed by atoms with Crippen molar-refractivity contribution in [2.75, 3.05) is 18.8 Å². The number of thioether (sulfide) groups is 1. The first-order valence-electron chi connectivity index (χ1n) is 5.52. The zero-order valence-corrected chi connectivity index (χ0v) is 10.2. The van der Waals surface area contributed by atoms with E-state index in [0.717, 1.165) is 37.8 Å². The molecule has 0 bridgehead atoms. The lowest BCUT2D eigenvalue weighted by Crippen LogP contribution is -2.16. The summed E-state index contributed by atoms with van der Waals surface area (Å²) in [7, 11) is 0. The summed E-state index contributed by atoms with van der Waals surface area (Å²) in [5.41, 5.74) is 0. The minimum Gasteiger partial charge on any atom is -0.317 e. The van der Waals surface area contributed by atoms with Crippen molar-refractivity contribution < 1.29 is 8.78 Å². The van der Waals surface area contributed by atoms with Crippen LogP contribution in [-0.4, -0.2) is 18.8 Å². The first-order chi connectivity index (χ1) is 7.74. The second-order valence-electron chi connectivity index (χ2n) is 3.53. The molecule has 1 aromatic carbocycles. The smallest absolute Gasteiger partial charge is 0.136 e. The molecule has 4 heteroatoms. The molecule has 0 fully saturated rings. The van der Waals surface area contributed by atoms with Gasteiger partial charge < -0.3 is 5.32 Å². The number of hydrogen-bond acceptors (Lipinski definition) is 2. The Morgan fingerprint density at radius 2 is 2.06 bits per heavy atom. The zero-order valence-electron chi connectivity index (χ0n) is 9.43. The molecule has 1 N–H and O–H groups in total. The molecule has 0 radical (unpaired) electrons. The van der Waals surface area contributed by atoms with Gasteiger partial charge in [0.05, 0.1) is 0 Å². The molecular formula is C12H17F2NS. The van der Waals surface area contributed by atoms with Crippen LogP contribution in [0.5, 0.6) is 0 Å². The van der Waals surface area contributed by atoms with E-state index in [2.05, 4.69) is 12.2 Å². The van der Waals surface area contributed by atoms with E-state index in [9.17, 15) is 8.78 Å². The number of hydrogen-bond donors (Lipinski definition) is 1. The van der Waals surface area contributed by atoms with Gasteiger partial charge in [-0.25, -0.2) is 8.78 Å². The highest BCUT2D eigenvalue weighted by molar-refractivity contribution is 7.99. The lowest BCUT2D eigenvalue weighted by atomic mass is 10.3. The molecule has 0 heterocycles. The van der Waals surface area contributed by atoms with Crippen LogP contribution in [0.3, 0.4) is 0 Å². The summed E-state index contributed by atoms with van der Waals surface area (Å²) in [5, 5.41) is 3.27. The third-order valence-corrected chi connectivity index (χ3v) is 3.19. The van der Waals surface area contributed by atoms with Crippen LogP contribution >= 0.6 is 11.8 Å². The average molecular weight is 245 g/mol. The fourth-order valence-electron chi connectivity index (χ4n) is 1.27. The predicted octanol–water partition coefficient (Wildman–Crippen LogP) is 3.45. The van der Waals surface area contributed by atoms with Gasteiger partial charge in [0, 0.05) is 4.90 Å². The van der Waals surface area contributed by atoms with Gasteiger partial charge in [-0.15, -0.1) is 11.8 Å². The number of rotatable bonds is 7. The summed E-state index contributed by atoms with van der Waals surface area (Å²) < 4.78 is 26.0. The van der Waals surface area contributed by atoms with Crippen molar-refractivity contribution in [2.45, 2.75) is 24.7 Å². The number of halogens is 2. The van der Waals surface area contributed by atoms with Gasteiger partial charge in [-0.1, -0.05) is 6.92 Å². The number of nitrogens with one attached hydrogen (secondary N) is 1. The van der Waals surface area contributed by atoms with Crippen molar-refractivity contribution in [3.63, 3.8) is 0 Å². The highest BCUT2D eigenvalue weighted by Gasteiger charge is 2.03. The van der Waals surface area contributed by atoms with Crippen LogP contribution in [-0.2, 0) is 0 Å². The lowest BCUT2D eigenvalue weighted by molar-refractivity contribution is 0.577. The first kappa shape index (κ1) is 13.5. The Morgan fingerprint density at radius 1 is 1.25 bits per heavy atom. The quantitative estimate of drug-likeness (QED) is 0.583. The molecule has 1 aromatic rings. The van der Waals surface area contributed by atoms with Crippen LogP contribution in [0.1, 0.15) is 19.8 Å². The SMILES string of the molecule is CCCNCCCSc1cc(F)ccc1F. The second-order valence-corrected chi connectivity index (χ2v) is 4.66. The van der Waals surface area contributed by atoms with Gasteiger partial charge in [-0.05, 0) is 49.9 Å². The van der Waals surface area contributed by atoms with Crippen LogP contribution in [0.25, 0.3) is 0 Å². The Balaban J connectivity index is 2.23. The lowest BCUT2D eigenvalue weighted by Gasteiger charge is -2.04. The molecule has 0 aromatic heterocycles. The molecule has 0 atom stereocenters. The fraction of sp³-hybridized carbons (Fsp3) is 0.500. The van der Waals surface area contributed by atoms with E-state index in [1.165, 1.54) is 23.9 Å². The molecule has 1 nitrogen and oxygen atoms in total. The summed E-state index contributed by atoms with van der Waals surface area (Å²) >= 11 is 1.36. The molecule has 0 saturated heterocycles. The maximum atomic E-state index is 13.2. The maximum Gasteiger partial charge on any atom is 0.136 e. The molecule has 0 saturated carbocycles. The van der Waals surface area contributed by atoms with Gasteiger partial charge >= 0.3 is 0 Å². The van der Waals surface area contributed by atoms with Gasteiger partial charge in [-0.3, -0.25) is 0 Å². The molecule has 0 aliphatic carbocycles. The highest BCUT2D eigenvalue weighted by Crippen LogP contribution is 2.22. The maximum absolute atomic E-state index is 13.2. The van der Waals surface area contributed by atoms with Crippen molar-refractivity contribution >= 4 is 11.8 Å². The van der Waals surface area contributed by atoms with Gasteiger partial charge in [-0.2, -0.15) is 0 Å². The summed E-state index contributed by atoms with van der Waals surface area (Å²) in [6, 6.07) is 3.56. The molecule has 0 aliphatic heterocycles. The van der Waals surface area contributed by atoms with Crippen LogP contribution in [0.2, 0.25) is 0 Å². The Labute approximate surface area is 99.6 Å². The van der Waals surface area contributed by atoms with Crippen molar-refractivity contribution in [1.29, 1.82) is 0 Å². The first-order valence-corrected chi connectivity index (χ1v) is 6.51. The van der Waals surface area contributed by atoms with Crippen molar-refractivity contribution in [2.24, 2.45) is 0 Å². The number of benzene rings is 1. The largest absolute Gasteiger partial charge is 0.317 e. The van der Waals surface area contributed by atoms with E-state index in [-0.39, 0.29) is 11.6 Å². The van der Waals surface area contributed by atoms with Crippen LogP contribution in [0, 0.1) is 11.6 Å². The molecule has 0 unspecified atom stereocenters. The van der Waals surface area contributed by atoms with E-state index in [1.54, 1.807) is 0 Å². The van der Waals surface area contributed by atoms with E-state index in [1.807, 2.05) is 0 Å². The third kappa shape index (κ3) is 4.94. The molecule has 0 spiro atoms. The van der Waals surface area contributed by atoms with E-state index < -0.39 is 0 Å². The summed E-state index contributed by atoms with van der Waals surface area (Å²) in [4.78, 5) is 0.399. The van der Waals surface area contributed by atoms with Gasteiger partial charge in [0.25, 0.3) is 0 Å². The monoisotopic (exact) mass is 245 g/mol. The topological polar surface area (TPSA) is 12.0 Å². The van der Waals surface area contributed by atoms with Gasteiger partial charge in [0.1, 0.15) is 11.6 Å². The highest BCUT2D eigenvalue weighted by atomic mass is 32.2. The average Bonchev–Trinajstić information content (AvgIpc) is 2.28. The Bertz CT molecular complexity index is 318. The zero-order chi connectivity index (χ0) is 11.8. The van der Waals surface area contributed by atoms with Crippen molar-refractivity contribution in [3.8, 4) is 0 Å². The van der Waals surface area contributed by atoms with Crippen LogP contribution in [0.15, 0.2) is 23.1 Å². The molecule has 1 rings (SSSR count). The van der Waals surface area contributed by atoms with E-state index in [0.29, 0.717) is 4.90 Å². The van der Waals surface area contributed by atoms with Crippen LogP contribution in [0.4, 0.5) is 8.78 Å².